The third kappa shape index (κ3) is 1.72. The zero-order valence-electron chi connectivity index (χ0n) is 10.1. The first-order chi connectivity index (χ1) is 8.13. The second kappa shape index (κ2) is 4.43. The van der Waals surface area contributed by atoms with Crippen LogP contribution in [0.25, 0.3) is 0 Å². The van der Waals surface area contributed by atoms with Crippen molar-refractivity contribution in [3.05, 3.63) is 22.8 Å². The summed E-state index contributed by atoms with van der Waals surface area (Å²) in [7, 11) is 0. The predicted octanol–water partition coefficient (Wildman–Crippen LogP) is 1.29. The molecule has 0 amide bonds. The molecule has 1 atom stereocenters. The summed E-state index contributed by atoms with van der Waals surface area (Å²) in [4.78, 5) is 4.51. The first kappa shape index (κ1) is 12.0. The summed E-state index contributed by atoms with van der Waals surface area (Å²) < 4.78 is 0. The van der Waals surface area contributed by atoms with Crippen LogP contribution in [0.2, 0.25) is 0 Å². The van der Waals surface area contributed by atoms with Crippen LogP contribution in [-0.4, -0.2) is 22.4 Å². The molecule has 17 heavy (non-hydrogen) atoms. The Balaban J connectivity index is 2.52. The van der Waals surface area contributed by atoms with Crippen molar-refractivity contribution in [2.45, 2.75) is 26.3 Å². The first-order valence-electron chi connectivity index (χ1n) is 5.44. The summed E-state index contributed by atoms with van der Waals surface area (Å²) in [5, 5.41) is 11.5. The van der Waals surface area contributed by atoms with E-state index < -0.39 is 0 Å². The number of hydrogen-bond donors (Lipinski definition) is 2. The average molecular weight is 249 g/mol. The van der Waals surface area contributed by atoms with Crippen molar-refractivity contribution in [3.8, 4) is 6.07 Å². The normalized spacial score (nSPS) is 23.8. The van der Waals surface area contributed by atoms with Gasteiger partial charge in [0.15, 0.2) is 5.82 Å². The summed E-state index contributed by atoms with van der Waals surface area (Å²) in [6.45, 7) is 4.15. The molecule has 5 nitrogen and oxygen atoms in total. The fourth-order valence-corrected chi connectivity index (χ4v) is 2.52. The number of nitrogens with two attached hydrogens (primary N) is 1. The standard InChI is InChI=1S/C11H15N5S/c1-4-8-6(2)10-14-11(17-3)7(5-12)9(13)16(10)15-8/h8,15H,4,13H2,1-3H3. The fourth-order valence-electron chi connectivity index (χ4n) is 1.99. The Morgan fingerprint density at radius 2 is 2.35 bits per heavy atom. The molecule has 1 unspecified atom stereocenters. The van der Waals surface area contributed by atoms with Gasteiger partial charge in [0.2, 0.25) is 0 Å². The topological polar surface area (TPSA) is 77.4 Å². The molecule has 2 aliphatic rings. The lowest BCUT2D eigenvalue weighted by atomic mass is 10.1. The zero-order chi connectivity index (χ0) is 12.6. The molecule has 0 saturated carbocycles. The van der Waals surface area contributed by atoms with E-state index in [-0.39, 0.29) is 6.04 Å². The molecule has 0 aromatic heterocycles. The number of hydrazine groups is 1. The largest absolute Gasteiger partial charge is 0.383 e. The number of nitrogens with zero attached hydrogens (tertiary/aromatic N) is 3. The first-order valence-corrected chi connectivity index (χ1v) is 6.66. The quantitative estimate of drug-likeness (QED) is 0.732. The number of hydrogen-bond acceptors (Lipinski definition) is 6. The Hall–Kier alpha value is -1.45. The lowest BCUT2D eigenvalue weighted by Gasteiger charge is -2.26. The van der Waals surface area contributed by atoms with Gasteiger partial charge in [0.05, 0.1) is 6.04 Å². The van der Waals surface area contributed by atoms with E-state index in [0.717, 1.165) is 12.2 Å². The summed E-state index contributed by atoms with van der Waals surface area (Å²) in [6.07, 6.45) is 2.86. The minimum atomic E-state index is 0.244. The second-order valence-electron chi connectivity index (χ2n) is 3.93. The van der Waals surface area contributed by atoms with Crippen LogP contribution in [0.15, 0.2) is 27.8 Å². The monoisotopic (exact) mass is 249 g/mol. The van der Waals surface area contributed by atoms with Crippen molar-refractivity contribution in [2.75, 3.05) is 6.26 Å². The summed E-state index contributed by atoms with van der Waals surface area (Å²) in [6, 6.07) is 2.36. The molecular weight excluding hydrogens is 234 g/mol. The Kier molecular flexibility index (Phi) is 3.13. The maximum atomic E-state index is 9.12. The molecule has 90 valence electrons. The zero-order valence-corrected chi connectivity index (χ0v) is 10.9. The molecular formula is C11H15N5S. The van der Waals surface area contributed by atoms with E-state index in [0.29, 0.717) is 16.4 Å². The molecule has 0 saturated heterocycles. The number of aliphatic imine (C=N–C) groups is 1. The van der Waals surface area contributed by atoms with E-state index in [1.165, 1.54) is 17.3 Å². The SMILES string of the molecule is CCC1NN2C(N)=C(C#N)C(SC)=NC2=C1C. The Morgan fingerprint density at radius 3 is 2.88 bits per heavy atom. The van der Waals surface area contributed by atoms with Gasteiger partial charge in [0, 0.05) is 0 Å². The van der Waals surface area contributed by atoms with Crippen LogP contribution < -0.4 is 11.2 Å². The molecule has 0 fully saturated rings. The van der Waals surface area contributed by atoms with Gasteiger partial charge in [0.25, 0.3) is 0 Å². The number of rotatable bonds is 1. The number of fused-ring (bicyclic) bond motifs is 1. The van der Waals surface area contributed by atoms with Crippen LogP contribution in [-0.2, 0) is 0 Å². The second-order valence-corrected chi connectivity index (χ2v) is 4.72. The van der Waals surface area contributed by atoms with Crippen LogP contribution in [0.3, 0.4) is 0 Å². The molecule has 0 aromatic rings. The highest BCUT2D eigenvalue weighted by atomic mass is 32.2. The highest BCUT2D eigenvalue weighted by molar-refractivity contribution is 8.13. The van der Waals surface area contributed by atoms with Crippen molar-refractivity contribution in [1.29, 1.82) is 5.26 Å². The third-order valence-electron chi connectivity index (χ3n) is 3.00. The molecule has 6 heteroatoms. The molecule has 2 aliphatic heterocycles. The van der Waals surface area contributed by atoms with E-state index in [2.05, 4.69) is 23.4 Å². The van der Waals surface area contributed by atoms with Crippen LogP contribution in [0.4, 0.5) is 0 Å². The number of nitriles is 1. The maximum Gasteiger partial charge on any atom is 0.150 e. The van der Waals surface area contributed by atoms with E-state index >= 15 is 0 Å². The number of nitrogens with one attached hydrogen (secondary N) is 1. The van der Waals surface area contributed by atoms with E-state index in [1.54, 1.807) is 5.01 Å². The summed E-state index contributed by atoms with van der Waals surface area (Å²) >= 11 is 1.44. The maximum absolute atomic E-state index is 9.12. The third-order valence-corrected chi connectivity index (χ3v) is 3.69. The molecule has 0 spiro atoms. The van der Waals surface area contributed by atoms with E-state index in [9.17, 15) is 0 Å². The minimum absolute atomic E-state index is 0.244. The van der Waals surface area contributed by atoms with Crippen LogP contribution >= 0.6 is 11.8 Å². The minimum Gasteiger partial charge on any atom is -0.383 e. The van der Waals surface area contributed by atoms with Gasteiger partial charge >= 0.3 is 0 Å². The van der Waals surface area contributed by atoms with Crippen molar-refractivity contribution in [3.63, 3.8) is 0 Å². The Labute approximate surface area is 105 Å². The molecule has 0 bridgehead atoms. The van der Waals surface area contributed by atoms with Crippen molar-refractivity contribution >= 4 is 16.8 Å². The van der Waals surface area contributed by atoms with Gasteiger partial charge in [-0.3, -0.25) is 0 Å². The average Bonchev–Trinajstić information content (AvgIpc) is 2.66. The molecule has 2 heterocycles. The van der Waals surface area contributed by atoms with Gasteiger partial charge in [-0.15, -0.1) is 11.8 Å². The van der Waals surface area contributed by atoms with Crippen molar-refractivity contribution in [1.82, 2.24) is 10.4 Å². The highest BCUT2D eigenvalue weighted by Gasteiger charge is 2.34. The van der Waals surface area contributed by atoms with Gasteiger partial charge in [-0.1, -0.05) is 6.92 Å². The van der Waals surface area contributed by atoms with Gasteiger partial charge in [-0.05, 0) is 25.2 Å². The smallest absolute Gasteiger partial charge is 0.150 e. The molecule has 2 rings (SSSR count). The van der Waals surface area contributed by atoms with Gasteiger partial charge < -0.3 is 5.73 Å². The van der Waals surface area contributed by atoms with Gasteiger partial charge in [-0.2, -0.15) is 5.26 Å². The molecule has 0 aromatic carbocycles. The van der Waals surface area contributed by atoms with Gasteiger partial charge in [0.1, 0.15) is 22.5 Å². The predicted molar refractivity (Wildman–Crippen MR) is 69.5 cm³/mol. The molecule has 3 N–H and O–H groups in total. The summed E-state index contributed by atoms with van der Waals surface area (Å²) in [5.41, 5.74) is 10.9. The van der Waals surface area contributed by atoms with Crippen LogP contribution in [0, 0.1) is 11.3 Å². The van der Waals surface area contributed by atoms with E-state index in [1.807, 2.05) is 13.2 Å². The van der Waals surface area contributed by atoms with Crippen molar-refractivity contribution < 1.29 is 0 Å². The molecule has 0 aliphatic carbocycles. The fraction of sp³-hybridized carbons (Fsp3) is 0.455. The number of thioether (sulfide) groups is 1. The lowest BCUT2D eigenvalue weighted by Crippen LogP contribution is -2.41. The van der Waals surface area contributed by atoms with Gasteiger partial charge in [-0.25, -0.2) is 15.4 Å². The Bertz CT molecular complexity index is 483. The van der Waals surface area contributed by atoms with E-state index in [4.69, 9.17) is 11.0 Å². The lowest BCUT2D eigenvalue weighted by molar-refractivity contribution is 0.304. The van der Waals surface area contributed by atoms with Crippen molar-refractivity contribution in [2.24, 2.45) is 10.7 Å². The molecule has 0 radical (unpaired) electrons. The Morgan fingerprint density at radius 1 is 1.65 bits per heavy atom. The van der Waals surface area contributed by atoms with Crippen LogP contribution in [0.5, 0.6) is 0 Å². The highest BCUT2D eigenvalue weighted by Crippen LogP contribution is 2.31. The summed E-state index contributed by atoms with van der Waals surface area (Å²) in [5.74, 6) is 1.27. The van der Waals surface area contributed by atoms with Crippen LogP contribution in [0.1, 0.15) is 20.3 Å².